The van der Waals surface area contributed by atoms with Gasteiger partial charge in [0.2, 0.25) is 0 Å². The van der Waals surface area contributed by atoms with Gasteiger partial charge >= 0.3 is 0 Å². The number of nitrogens with zero attached hydrogens (tertiary/aromatic N) is 1. The molecule has 1 aliphatic rings. The van der Waals surface area contributed by atoms with Gasteiger partial charge in [0.05, 0.1) is 12.2 Å². The normalized spacial score (nSPS) is 31.8. The van der Waals surface area contributed by atoms with E-state index in [0.717, 1.165) is 13.0 Å². The fourth-order valence-corrected chi connectivity index (χ4v) is 1.47. The molecule has 72 valence electrons. The maximum Gasteiger partial charge on any atom is 0.0938 e. The Morgan fingerprint density at radius 1 is 1.25 bits per heavy atom. The van der Waals surface area contributed by atoms with E-state index in [4.69, 9.17) is 0 Å². The zero-order valence-corrected chi connectivity index (χ0v) is 7.90. The van der Waals surface area contributed by atoms with Crippen LogP contribution in [0.15, 0.2) is 0 Å². The van der Waals surface area contributed by atoms with Crippen molar-refractivity contribution in [2.45, 2.75) is 32.5 Å². The molecule has 0 aliphatic carbocycles. The molecule has 1 heterocycles. The van der Waals surface area contributed by atoms with Gasteiger partial charge in [0.15, 0.2) is 0 Å². The predicted octanol–water partition coefficient (Wildman–Crippen LogP) is 0.0699. The Labute approximate surface area is 74.0 Å². The standard InChI is InChI=1S/C9H19NO2/c1-7(2)3-4-10-5-8(11)9(12)6-10/h7-9,11-12H,3-6H2,1-2H3/t8-,9-/m0/s1. The summed E-state index contributed by atoms with van der Waals surface area (Å²) < 4.78 is 0. The molecule has 0 spiro atoms. The third kappa shape index (κ3) is 2.73. The molecule has 0 unspecified atom stereocenters. The van der Waals surface area contributed by atoms with Gasteiger partial charge in [0, 0.05) is 13.1 Å². The highest BCUT2D eigenvalue weighted by Gasteiger charge is 2.28. The van der Waals surface area contributed by atoms with Crippen LogP contribution in [0.2, 0.25) is 0 Å². The summed E-state index contributed by atoms with van der Waals surface area (Å²) in [6.45, 7) is 6.62. The minimum absolute atomic E-state index is 0.530. The monoisotopic (exact) mass is 173 g/mol. The number of aliphatic hydroxyl groups excluding tert-OH is 2. The van der Waals surface area contributed by atoms with Crippen molar-refractivity contribution in [3.63, 3.8) is 0 Å². The highest BCUT2D eigenvalue weighted by Crippen LogP contribution is 2.11. The van der Waals surface area contributed by atoms with Gasteiger partial charge in [-0.1, -0.05) is 13.8 Å². The number of hydrogen-bond donors (Lipinski definition) is 2. The fraction of sp³-hybridized carbons (Fsp3) is 1.00. The largest absolute Gasteiger partial charge is 0.389 e. The number of β-amino-alcohol motifs (C(OH)–C–C–N with tert-alkyl or cyclic N) is 2. The molecule has 1 fully saturated rings. The van der Waals surface area contributed by atoms with E-state index in [1.807, 2.05) is 0 Å². The van der Waals surface area contributed by atoms with Crippen LogP contribution in [0.1, 0.15) is 20.3 Å². The van der Waals surface area contributed by atoms with Crippen molar-refractivity contribution in [3.8, 4) is 0 Å². The van der Waals surface area contributed by atoms with E-state index in [0.29, 0.717) is 19.0 Å². The van der Waals surface area contributed by atoms with Crippen LogP contribution in [-0.2, 0) is 0 Å². The molecule has 12 heavy (non-hydrogen) atoms. The molecule has 0 aromatic rings. The van der Waals surface area contributed by atoms with Crippen molar-refractivity contribution in [1.29, 1.82) is 0 Å². The molecular weight excluding hydrogens is 154 g/mol. The van der Waals surface area contributed by atoms with Gasteiger partial charge in [-0.05, 0) is 18.9 Å². The number of aliphatic hydroxyl groups is 2. The SMILES string of the molecule is CC(C)CCN1C[C@H](O)[C@@H](O)C1. The van der Waals surface area contributed by atoms with Crippen LogP contribution in [0.3, 0.4) is 0 Å². The third-order valence-corrected chi connectivity index (χ3v) is 2.36. The molecule has 1 rings (SSSR count). The van der Waals surface area contributed by atoms with Gasteiger partial charge in [0.1, 0.15) is 0 Å². The summed E-state index contributed by atoms with van der Waals surface area (Å²) in [7, 11) is 0. The van der Waals surface area contributed by atoms with Gasteiger partial charge in [-0.3, -0.25) is 4.90 Å². The molecule has 0 aromatic heterocycles. The lowest BCUT2D eigenvalue weighted by Gasteiger charge is -2.15. The van der Waals surface area contributed by atoms with Crippen molar-refractivity contribution in [1.82, 2.24) is 4.90 Å². The van der Waals surface area contributed by atoms with Crippen molar-refractivity contribution >= 4 is 0 Å². The van der Waals surface area contributed by atoms with E-state index in [1.54, 1.807) is 0 Å². The zero-order valence-electron chi connectivity index (χ0n) is 7.90. The van der Waals surface area contributed by atoms with Gasteiger partial charge in [0.25, 0.3) is 0 Å². The van der Waals surface area contributed by atoms with E-state index < -0.39 is 12.2 Å². The van der Waals surface area contributed by atoms with E-state index >= 15 is 0 Å². The van der Waals surface area contributed by atoms with Crippen LogP contribution in [0.5, 0.6) is 0 Å². The third-order valence-electron chi connectivity index (χ3n) is 2.36. The average molecular weight is 173 g/mol. The van der Waals surface area contributed by atoms with Crippen molar-refractivity contribution in [3.05, 3.63) is 0 Å². The Kier molecular flexibility index (Phi) is 3.50. The van der Waals surface area contributed by atoms with Crippen LogP contribution in [0.25, 0.3) is 0 Å². The quantitative estimate of drug-likeness (QED) is 0.635. The predicted molar refractivity (Wildman–Crippen MR) is 47.9 cm³/mol. The Morgan fingerprint density at radius 3 is 2.17 bits per heavy atom. The Morgan fingerprint density at radius 2 is 1.75 bits per heavy atom. The maximum atomic E-state index is 9.24. The van der Waals surface area contributed by atoms with E-state index in [-0.39, 0.29) is 0 Å². The molecule has 0 aromatic carbocycles. The van der Waals surface area contributed by atoms with Crippen LogP contribution < -0.4 is 0 Å². The number of rotatable bonds is 3. The lowest BCUT2D eigenvalue weighted by atomic mass is 10.1. The summed E-state index contributed by atoms with van der Waals surface area (Å²) >= 11 is 0. The minimum Gasteiger partial charge on any atom is -0.389 e. The number of hydrogen-bond acceptors (Lipinski definition) is 3. The summed E-state index contributed by atoms with van der Waals surface area (Å²) in [6.07, 6.45) is 0.0775. The number of likely N-dealkylation sites (tertiary alicyclic amines) is 1. The summed E-state index contributed by atoms with van der Waals surface area (Å²) in [5, 5.41) is 18.5. The second-order valence-corrected chi connectivity index (χ2v) is 4.08. The molecule has 0 radical (unpaired) electrons. The average Bonchev–Trinajstić information content (AvgIpc) is 2.28. The molecule has 0 amide bonds. The lowest BCUT2D eigenvalue weighted by molar-refractivity contribution is 0.0572. The van der Waals surface area contributed by atoms with Gasteiger partial charge in [-0.25, -0.2) is 0 Å². The summed E-state index contributed by atoms with van der Waals surface area (Å²) in [5.74, 6) is 0.694. The lowest BCUT2D eigenvalue weighted by Crippen LogP contribution is -2.24. The second-order valence-electron chi connectivity index (χ2n) is 4.08. The first-order chi connectivity index (χ1) is 5.59. The summed E-state index contributed by atoms with van der Waals surface area (Å²) in [5.41, 5.74) is 0. The molecule has 1 aliphatic heterocycles. The molecule has 0 saturated carbocycles. The zero-order chi connectivity index (χ0) is 9.14. The first-order valence-electron chi connectivity index (χ1n) is 4.68. The molecule has 2 atom stereocenters. The Balaban J connectivity index is 2.19. The molecule has 3 nitrogen and oxygen atoms in total. The second kappa shape index (κ2) is 4.21. The Hall–Kier alpha value is -0.120. The van der Waals surface area contributed by atoms with Gasteiger partial charge in [-0.2, -0.15) is 0 Å². The van der Waals surface area contributed by atoms with E-state index in [9.17, 15) is 10.2 Å². The highest BCUT2D eigenvalue weighted by atomic mass is 16.3. The first kappa shape index (κ1) is 9.96. The van der Waals surface area contributed by atoms with Crippen molar-refractivity contribution in [2.75, 3.05) is 19.6 Å². The van der Waals surface area contributed by atoms with Crippen molar-refractivity contribution in [2.24, 2.45) is 5.92 Å². The fourth-order valence-electron chi connectivity index (χ4n) is 1.47. The van der Waals surface area contributed by atoms with Crippen LogP contribution in [-0.4, -0.2) is 47.0 Å². The summed E-state index contributed by atoms with van der Waals surface area (Å²) in [4.78, 5) is 2.12. The van der Waals surface area contributed by atoms with E-state index in [2.05, 4.69) is 18.7 Å². The minimum atomic E-state index is -0.530. The first-order valence-corrected chi connectivity index (χ1v) is 4.68. The maximum absolute atomic E-state index is 9.24. The highest BCUT2D eigenvalue weighted by molar-refractivity contribution is 4.82. The Bertz CT molecular complexity index is 128. The molecule has 1 saturated heterocycles. The van der Waals surface area contributed by atoms with Crippen LogP contribution in [0.4, 0.5) is 0 Å². The van der Waals surface area contributed by atoms with Gasteiger partial charge < -0.3 is 10.2 Å². The smallest absolute Gasteiger partial charge is 0.0938 e. The van der Waals surface area contributed by atoms with Gasteiger partial charge in [-0.15, -0.1) is 0 Å². The van der Waals surface area contributed by atoms with Crippen molar-refractivity contribution < 1.29 is 10.2 Å². The molecule has 3 heteroatoms. The molecule has 0 bridgehead atoms. The van der Waals surface area contributed by atoms with E-state index in [1.165, 1.54) is 0 Å². The summed E-state index contributed by atoms with van der Waals surface area (Å²) in [6, 6.07) is 0. The molecule has 2 N–H and O–H groups in total. The molecular formula is C9H19NO2. The topological polar surface area (TPSA) is 43.7 Å². The van der Waals surface area contributed by atoms with Crippen LogP contribution >= 0.6 is 0 Å². The van der Waals surface area contributed by atoms with Crippen LogP contribution in [0, 0.1) is 5.92 Å².